The van der Waals surface area contributed by atoms with Gasteiger partial charge in [0, 0.05) is 26.3 Å². The molecule has 1 heterocycles. The van der Waals surface area contributed by atoms with Crippen molar-refractivity contribution in [2.45, 2.75) is 31.8 Å². The van der Waals surface area contributed by atoms with Crippen LogP contribution in [0, 0.1) is 0 Å². The first-order valence-electron chi connectivity index (χ1n) is 5.84. The van der Waals surface area contributed by atoms with E-state index < -0.39 is 17.9 Å². The summed E-state index contributed by atoms with van der Waals surface area (Å²) < 4.78 is 9.94. The minimum atomic E-state index is -1.22. The van der Waals surface area contributed by atoms with Crippen molar-refractivity contribution >= 4 is 11.9 Å². The molecule has 1 unspecified atom stereocenters. The van der Waals surface area contributed by atoms with E-state index in [1.165, 1.54) is 4.90 Å². The Morgan fingerprint density at radius 2 is 2.06 bits per heavy atom. The van der Waals surface area contributed by atoms with Crippen LogP contribution in [0.4, 0.5) is 0 Å². The zero-order valence-corrected chi connectivity index (χ0v) is 10.3. The number of carbonyl (C=O) groups excluding carboxylic acids is 2. The standard InChI is InChI=1S/C11H20N2O4/c1-3-17-11(15)9(12)10(14)13(2)8-4-6-16-7-5-8/h8-9H,3-7,12H2,1-2H3. The third-order valence-corrected chi connectivity index (χ3v) is 2.89. The number of hydrogen-bond donors (Lipinski definition) is 1. The molecule has 6 nitrogen and oxygen atoms in total. The largest absolute Gasteiger partial charge is 0.464 e. The van der Waals surface area contributed by atoms with E-state index in [0.717, 1.165) is 12.8 Å². The SMILES string of the molecule is CCOC(=O)C(N)C(=O)N(C)C1CCOCC1. The lowest BCUT2D eigenvalue weighted by Crippen LogP contribution is -2.51. The Hall–Kier alpha value is -1.14. The van der Waals surface area contributed by atoms with Gasteiger partial charge in [-0.2, -0.15) is 0 Å². The summed E-state index contributed by atoms with van der Waals surface area (Å²) in [6.07, 6.45) is 1.55. The second-order valence-corrected chi connectivity index (χ2v) is 4.02. The maximum Gasteiger partial charge on any atom is 0.332 e. The average molecular weight is 244 g/mol. The third kappa shape index (κ3) is 3.67. The van der Waals surface area contributed by atoms with Crippen molar-refractivity contribution < 1.29 is 19.1 Å². The summed E-state index contributed by atoms with van der Waals surface area (Å²) in [5.41, 5.74) is 5.56. The number of esters is 1. The van der Waals surface area contributed by atoms with E-state index in [9.17, 15) is 9.59 Å². The molecule has 0 aromatic heterocycles. The van der Waals surface area contributed by atoms with Crippen LogP contribution in [-0.2, 0) is 19.1 Å². The van der Waals surface area contributed by atoms with Crippen molar-refractivity contribution in [3.05, 3.63) is 0 Å². The summed E-state index contributed by atoms with van der Waals surface area (Å²) in [6.45, 7) is 3.17. The molecular formula is C11H20N2O4. The van der Waals surface area contributed by atoms with Crippen molar-refractivity contribution in [3.8, 4) is 0 Å². The topological polar surface area (TPSA) is 81.9 Å². The first kappa shape index (κ1) is 13.9. The van der Waals surface area contributed by atoms with Gasteiger partial charge in [-0.25, -0.2) is 4.79 Å². The molecule has 0 spiro atoms. The van der Waals surface area contributed by atoms with Crippen LogP contribution in [0.5, 0.6) is 0 Å². The molecule has 1 rings (SSSR count). The second-order valence-electron chi connectivity index (χ2n) is 4.02. The van der Waals surface area contributed by atoms with Crippen LogP contribution < -0.4 is 5.73 Å². The fourth-order valence-electron chi connectivity index (χ4n) is 1.80. The molecule has 6 heteroatoms. The highest BCUT2D eigenvalue weighted by atomic mass is 16.5. The Bertz CT molecular complexity index is 277. The minimum Gasteiger partial charge on any atom is -0.464 e. The van der Waals surface area contributed by atoms with E-state index >= 15 is 0 Å². The molecule has 0 aromatic rings. The highest BCUT2D eigenvalue weighted by molar-refractivity contribution is 6.01. The highest BCUT2D eigenvalue weighted by Gasteiger charge is 2.30. The van der Waals surface area contributed by atoms with Crippen molar-refractivity contribution in [2.24, 2.45) is 5.73 Å². The van der Waals surface area contributed by atoms with Crippen LogP contribution in [0.2, 0.25) is 0 Å². The molecule has 2 N–H and O–H groups in total. The van der Waals surface area contributed by atoms with Gasteiger partial charge < -0.3 is 20.1 Å². The number of carbonyl (C=O) groups is 2. The van der Waals surface area contributed by atoms with Crippen LogP contribution in [-0.4, -0.2) is 55.7 Å². The third-order valence-electron chi connectivity index (χ3n) is 2.89. The van der Waals surface area contributed by atoms with E-state index in [4.69, 9.17) is 15.2 Å². The first-order chi connectivity index (χ1) is 8.07. The quantitative estimate of drug-likeness (QED) is 0.533. The number of amides is 1. The maximum absolute atomic E-state index is 11.9. The minimum absolute atomic E-state index is 0.0942. The van der Waals surface area contributed by atoms with E-state index in [1.807, 2.05) is 0 Å². The molecule has 0 bridgehead atoms. The lowest BCUT2D eigenvalue weighted by molar-refractivity contribution is -0.151. The van der Waals surface area contributed by atoms with E-state index in [2.05, 4.69) is 0 Å². The molecule has 1 aliphatic rings. The zero-order valence-electron chi connectivity index (χ0n) is 10.3. The summed E-state index contributed by atoms with van der Waals surface area (Å²) in [7, 11) is 1.66. The van der Waals surface area contributed by atoms with Gasteiger partial charge in [0.15, 0.2) is 6.04 Å². The van der Waals surface area contributed by atoms with Crippen LogP contribution in [0.1, 0.15) is 19.8 Å². The lowest BCUT2D eigenvalue weighted by Gasteiger charge is -2.32. The Morgan fingerprint density at radius 3 is 2.59 bits per heavy atom. The Kier molecular flexibility index (Phi) is 5.37. The normalized spacial score (nSPS) is 18.5. The maximum atomic E-state index is 11.9. The van der Waals surface area contributed by atoms with Crippen molar-refractivity contribution in [1.29, 1.82) is 0 Å². The molecule has 98 valence electrons. The van der Waals surface area contributed by atoms with Gasteiger partial charge in [0.25, 0.3) is 5.91 Å². The van der Waals surface area contributed by atoms with Crippen molar-refractivity contribution in [3.63, 3.8) is 0 Å². The summed E-state index contributed by atoms with van der Waals surface area (Å²) in [5, 5.41) is 0. The molecule has 1 fully saturated rings. The summed E-state index contributed by atoms with van der Waals surface area (Å²) in [4.78, 5) is 24.8. The summed E-state index contributed by atoms with van der Waals surface area (Å²) in [6, 6.07) is -1.13. The molecule has 0 aromatic carbocycles. The van der Waals surface area contributed by atoms with Gasteiger partial charge in [0.2, 0.25) is 0 Å². The van der Waals surface area contributed by atoms with Gasteiger partial charge in [0.05, 0.1) is 6.61 Å². The number of nitrogens with two attached hydrogens (primary N) is 1. The van der Waals surface area contributed by atoms with Crippen molar-refractivity contribution in [1.82, 2.24) is 4.90 Å². The van der Waals surface area contributed by atoms with E-state index in [-0.39, 0.29) is 12.6 Å². The predicted molar refractivity (Wildman–Crippen MR) is 61.2 cm³/mol. The van der Waals surface area contributed by atoms with Gasteiger partial charge in [-0.15, -0.1) is 0 Å². The van der Waals surface area contributed by atoms with Gasteiger partial charge in [-0.1, -0.05) is 0 Å². The fourth-order valence-corrected chi connectivity index (χ4v) is 1.80. The number of likely N-dealkylation sites (N-methyl/N-ethyl adjacent to an activating group) is 1. The Balaban J connectivity index is 2.52. The van der Waals surface area contributed by atoms with Crippen LogP contribution in [0.25, 0.3) is 0 Å². The zero-order chi connectivity index (χ0) is 12.8. The van der Waals surface area contributed by atoms with Crippen molar-refractivity contribution in [2.75, 3.05) is 26.9 Å². The molecule has 1 saturated heterocycles. The Labute approximate surface area is 101 Å². The van der Waals surface area contributed by atoms with Crippen LogP contribution in [0.3, 0.4) is 0 Å². The number of ether oxygens (including phenoxy) is 2. The summed E-state index contributed by atoms with van der Waals surface area (Å²) in [5.74, 6) is -1.06. The number of hydrogen-bond acceptors (Lipinski definition) is 5. The fraction of sp³-hybridized carbons (Fsp3) is 0.818. The molecule has 0 saturated carbocycles. The molecule has 1 aliphatic heterocycles. The predicted octanol–water partition coefficient (Wildman–Crippen LogP) is -0.486. The van der Waals surface area contributed by atoms with Gasteiger partial charge >= 0.3 is 5.97 Å². The molecular weight excluding hydrogens is 224 g/mol. The smallest absolute Gasteiger partial charge is 0.332 e. The van der Waals surface area contributed by atoms with E-state index in [0.29, 0.717) is 13.2 Å². The van der Waals surface area contributed by atoms with Crippen LogP contribution >= 0.6 is 0 Å². The van der Waals surface area contributed by atoms with Gasteiger partial charge in [0.1, 0.15) is 0 Å². The molecule has 1 amide bonds. The van der Waals surface area contributed by atoms with Gasteiger partial charge in [-0.05, 0) is 19.8 Å². The Morgan fingerprint density at radius 1 is 1.47 bits per heavy atom. The number of nitrogens with zero attached hydrogens (tertiary/aromatic N) is 1. The summed E-state index contributed by atoms with van der Waals surface area (Å²) >= 11 is 0. The molecule has 17 heavy (non-hydrogen) atoms. The van der Waals surface area contributed by atoms with Gasteiger partial charge in [-0.3, -0.25) is 4.79 Å². The lowest BCUT2D eigenvalue weighted by atomic mass is 10.1. The first-order valence-corrected chi connectivity index (χ1v) is 5.84. The average Bonchev–Trinajstić information content (AvgIpc) is 2.37. The molecule has 1 atom stereocenters. The molecule has 0 aliphatic carbocycles. The van der Waals surface area contributed by atoms with Crippen LogP contribution in [0.15, 0.2) is 0 Å². The second kappa shape index (κ2) is 6.56. The monoisotopic (exact) mass is 244 g/mol. The molecule has 0 radical (unpaired) electrons. The number of rotatable bonds is 4. The highest BCUT2D eigenvalue weighted by Crippen LogP contribution is 2.13. The van der Waals surface area contributed by atoms with E-state index in [1.54, 1.807) is 14.0 Å².